The highest BCUT2D eigenvalue weighted by Crippen LogP contribution is 2.36. The van der Waals surface area contributed by atoms with Crippen LogP contribution in [0.2, 0.25) is 0 Å². The van der Waals surface area contributed by atoms with Crippen molar-refractivity contribution in [2.75, 3.05) is 13.7 Å². The van der Waals surface area contributed by atoms with Gasteiger partial charge in [0.05, 0.1) is 7.11 Å². The lowest BCUT2D eigenvalue weighted by molar-refractivity contribution is 0.283. The van der Waals surface area contributed by atoms with Gasteiger partial charge >= 0.3 is 0 Å². The molecule has 0 spiro atoms. The molecule has 0 saturated heterocycles. The van der Waals surface area contributed by atoms with E-state index in [9.17, 15) is 0 Å². The third-order valence-corrected chi connectivity index (χ3v) is 5.11. The van der Waals surface area contributed by atoms with Gasteiger partial charge < -0.3 is 14.8 Å². The van der Waals surface area contributed by atoms with Gasteiger partial charge in [0.25, 0.3) is 0 Å². The molecule has 4 rings (SSSR count). The Morgan fingerprint density at radius 1 is 0.889 bits per heavy atom. The topological polar surface area (TPSA) is 30.5 Å². The third kappa shape index (κ3) is 4.15. The lowest BCUT2D eigenvalue weighted by Crippen LogP contribution is -2.31. The van der Waals surface area contributed by atoms with E-state index < -0.39 is 0 Å². The van der Waals surface area contributed by atoms with Gasteiger partial charge in [-0.2, -0.15) is 0 Å². The second kappa shape index (κ2) is 8.28. The van der Waals surface area contributed by atoms with E-state index in [4.69, 9.17) is 9.47 Å². The molecular weight excluding hydrogens is 334 g/mol. The van der Waals surface area contributed by atoms with Crippen LogP contribution in [0, 0.1) is 0 Å². The van der Waals surface area contributed by atoms with E-state index in [2.05, 4.69) is 59.9 Å². The number of hydrogen-bond donors (Lipinski definition) is 1. The van der Waals surface area contributed by atoms with Gasteiger partial charge in [-0.3, -0.25) is 0 Å². The molecule has 1 aliphatic rings. The molecule has 1 atom stereocenters. The van der Waals surface area contributed by atoms with E-state index in [-0.39, 0.29) is 0 Å². The van der Waals surface area contributed by atoms with E-state index in [0.717, 1.165) is 36.4 Å². The molecule has 0 saturated carbocycles. The lowest BCUT2D eigenvalue weighted by Gasteiger charge is -2.28. The van der Waals surface area contributed by atoms with Crippen LogP contribution in [-0.2, 0) is 19.4 Å². The Bertz CT molecular complexity index is 878. The minimum atomic E-state index is 0.293. The molecule has 27 heavy (non-hydrogen) atoms. The molecule has 0 fully saturated rings. The van der Waals surface area contributed by atoms with Crippen LogP contribution in [0.25, 0.3) is 0 Å². The fraction of sp³-hybridized carbons (Fsp3) is 0.250. The molecule has 0 aliphatic carbocycles. The van der Waals surface area contributed by atoms with Crippen LogP contribution in [-0.4, -0.2) is 13.7 Å². The molecule has 1 aliphatic heterocycles. The van der Waals surface area contributed by atoms with Crippen molar-refractivity contribution in [2.45, 2.75) is 25.5 Å². The number of hydrogen-bond acceptors (Lipinski definition) is 3. The Balaban J connectivity index is 1.60. The predicted molar refractivity (Wildman–Crippen MR) is 108 cm³/mol. The smallest absolute Gasteiger partial charge is 0.162 e. The van der Waals surface area contributed by atoms with Crippen molar-refractivity contribution in [3.63, 3.8) is 0 Å². The van der Waals surface area contributed by atoms with Gasteiger partial charge in [0.1, 0.15) is 6.61 Å². The maximum atomic E-state index is 6.13. The summed E-state index contributed by atoms with van der Waals surface area (Å²) >= 11 is 0. The first kappa shape index (κ1) is 17.6. The van der Waals surface area contributed by atoms with Crippen LogP contribution in [0.15, 0.2) is 72.8 Å². The van der Waals surface area contributed by atoms with Crippen molar-refractivity contribution in [3.8, 4) is 11.5 Å². The van der Waals surface area contributed by atoms with Crippen molar-refractivity contribution >= 4 is 0 Å². The molecule has 0 radical (unpaired) electrons. The van der Waals surface area contributed by atoms with Gasteiger partial charge in [-0.25, -0.2) is 0 Å². The Labute approximate surface area is 161 Å². The number of rotatable bonds is 6. The molecule has 1 heterocycles. The van der Waals surface area contributed by atoms with Crippen LogP contribution in [0.1, 0.15) is 28.3 Å². The molecule has 3 heteroatoms. The quantitative estimate of drug-likeness (QED) is 0.692. The number of methoxy groups -OCH3 is 1. The first-order valence-corrected chi connectivity index (χ1v) is 9.48. The van der Waals surface area contributed by atoms with Crippen LogP contribution >= 0.6 is 0 Å². The highest BCUT2D eigenvalue weighted by atomic mass is 16.5. The molecular formula is C24H25NO2. The van der Waals surface area contributed by atoms with Crippen LogP contribution in [0.5, 0.6) is 11.5 Å². The van der Waals surface area contributed by atoms with Gasteiger partial charge in [0.15, 0.2) is 11.5 Å². The summed E-state index contributed by atoms with van der Waals surface area (Å²) in [6.45, 7) is 1.52. The zero-order valence-corrected chi connectivity index (χ0v) is 15.7. The highest BCUT2D eigenvalue weighted by molar-refractivity contribution is 5.50. The minimum Gasteiger partial charge on any atom is -0.493 e. The van der Waals surface area contributed by atoms with Gasteiger partial charge in [0.2, 0.25) is 0 Å². The summed E-state index contributed by atoms with van der Waals surface area (Å²) in [7, 11) is 1.71. The molecule has 138 valence electrons. The maximum Gasteiger partial charge on any atom is 0.162 e. The zero-order valence-electron chi connectivity index (χ0n) is 15.7. The average Bonchev–Trinajstić information content (AvgIpc) is 2.73. The summed E-state index contributed by atoms with van der Waals surface area (Å²) < 4.78 is 11.7. The van der Waals surface area contributed by atoms with E-state index >= 15 is 0 Å². The second-order valence-corrected chi connectivity index (χ2v) is 6.92. The maximum absolute atomic E-state index is 6.13. The Morgan fingerprint density at radius 3 is 2.30 bits per heavy atom. The summed E-state index contributed by atoms with van der Waals surface area (Å²) in [5.74, 6) is 1.62. The second-order valence-electron chi connectivity index (χ2n) is 6.92. The van der Waals surface area contributed by atoms with E-state index in [1.54, 1.807) is 7.11 Å². The van der Waals surface area contributed by atoms with Gasteiger partial charge in [-0.15, -0.1) is 0 Å². The number of fused-ring (bicyclic) bond motifs is 1. The van der Waals surface area contributed by atoms with Gasteiger partial charge in [-0.1, -0.05) is 60.7 Å². The summed E-state index contributed by atoms with van der Waals surface area (Å²) in [5.41, 5.74) is 5.15. The van der Waals surface area contributed by atoms with Crippen LogP contribution in [0.4, 0.5) is 0 Å². The number of benzene rings is 3. The fourth-order valence-electron chi connectivity index (χ4n) is 3.69. The molecule has 0 amide bonds. The van der Waals surface area contributed by atoms with Gasteiger partial charge in [0, 0.05) is 6.04 Å². The molecule has 3 nitrogen and oxygen atoms in total. The Morgan fingerprint density at radius 2 is 1.59 bits per heavy atom. The normalized spacial score (nSPS) is 15.8. The molecule has 3 aromatic carbocycles. The van der Waals surface area contributed by atoms with Crippen LogP contribution in [0.3, 0.4) is 0 Å². The number of ether oxygens (including phenoxy) is 2. The average molecular weight is 359 g/mol. The Hall–Kier alpha value is -2.78. The summed E-state index contributed by atoms with van der Waals surface area (Å²) in [4.78, 5) is 0. The summed E-state index contributed by atoms with van der Waals surface area (Å²) in [6.07, 6.45) is 1.98. The Kier molecular flexibility index (Phi) is 5.40. The van der Waals surface area contributed by atoms with Crippen molar-refractivity contribution in [1.29, 1.82) is 0 Å². The predicted octanol–water partition coefficient (Wildman–Crippen LogP) is 4.70. The monoisotopic (exact) mass is 359 g/mol. The highest BCUT2D eigenvalue weighted by Gasteiger charge is 2.23. The summed E-state index contributed by atoms with van der Waals surface area (Å²) in [5, 5.41) is 3.67. The number of nitrogens with one attached hydrogen (secondary N) is 1. The molecule has 0 unspecified atom stereocenters. The van der Waals surface area contributed by atoms with Crippen molar-refractivity contribution < 1.29 is 9.47 Å². The SMILES string of the molecule is COc1cc2c(cc1OCc1ccccc1)[C@H](Cc1ccccc1)NCC2. The summed E-state index contributed by atoms with van der Waals surface area (Å²) in [6, 6.07) is 25.5. The van der Waals surface area contributed by atoms with Crippen molar-refractivity contribution in [2.24, 2.45) is 0 Å². The van der Waals surface area contributed by atoms with E-state index in [0.29, 0.717) is 12.6 Å². The van der Waals surface area contributed by atoms with E-state index in [1.807, 2.05) is 18.2 Å². The molecule has 1 N–H and O–H groups in total. The lowest BCUT2D eigenvalue weighted by atomic mass is 9.90. The minimum absolute atomic E-state index is 0.293. The molecule has 3 aromatic rings. The third-order valence-electron chi connectivity index (χ3n) is 5.11. The largest absolute Gasteiger partial charge is 0.493 e. The first-order chi connectivity index (χ1) is 13.3. The van der Waals surface area contributed by atoms with E-state index in [1.165, 1.54) is 16.7 Å². The first-order valence-electron chi connectivity index (χ1n) is 9.48. The fourth-order valence-corrected chi connectivity index (χ4v) is 3.69. The molecule has 0 aromatic heterocycles. The van der Waals surface area contributed by atoms with Crippen LogP contribution < -0.4 is 14.8 Å². The van der Waals surface area contributed by atoms with Gasteiger partial charge in [-0.05, 0) is 53.8 Å². The standard InChI is InChI=1S/C24H25NO2/c1-26-23-15-20-12-13-25-22(14-18-8-4-2-5-9-18)21(20)16-24(23)27-17-19-10-6-3-7-11-19/h2-11,15-16,22,25H,12-14,17H2,1H3/t22-/m0/s1. The molecule has 0 bridgehead atoms. The zero-order chi connectivity index (χ0) is 18.5. The van der Waals surface area contributed by atoms with Crippen molar-refractivity contribution in [3.05, 3.63) is 95.1 Å². The van der Waals surface area contributed by atoms with Crippen molar-refractivity contribution in [1.82, 2.24) is 5.32 Å².